The van der Waals surface area contributed by atoms with E-state index in [1.165, 1.54) is 18.2 Å². The molecule has 0 aliphatic carbocycles. The number of phenolic OH excluding ortho intramolecular Hbond substituents is 1. The van der Waals surface area contributed by atoms with E-state index in [1.54, 1.807) is 6.07 Å². The molecule has 0 fully saturated rings. The zero-order valence-electron chi connectivity index (χ0n) is 9.45. The summed E-state index contributed by atoms with van der Waals surface area (Å²) in [5.41, 5.74) is 0.914. The van der Waals surface area contributed by atoms with Gasteiger partial charge in [-0.25, -0.2) is 0 Å². The van der Waals surface area contributed by atoms with Crippen LogP contribution < -0.4 is 5.32 Å². The average Bonchev–Trinajstić information content (AvgIpc) is 2.36. The van der Waals surface area contributed by atoms with Crippen molar-refractivity contribution >= 4 is 61.7 Å². The predicted molar refractivity (Wildman–Crippen MR) is 87.9 cm³/mol. The number of aromatic hydroxyl groups is 1. The topological polar surface area (TPSA) is 49.3 Å². The Labute approximate surface area is 137 Å². The van der Waals surface area contributed by atoms with Crippen molar-refractivity contribution in [3.8, 4) is 5.75 Å². The van der Waals surface area contributed by atoms with Crippen molar-refractivity contribution in [2.24, 2.45) is 0 Å². The van der Waals surface area contributed by atoms with E-state index in [4.69, 9.17) is 11.6 Å². The van der Waals surface area contributed by atoms with Gasteiger partial charge in [-0.1, -0.05) is 27.5 Å². The maximum Gasteiger partial charge on any atom is 0.257 e. The van der Waals surface area contributed by atoms with Gasteiger partial charge in [-0.3, -0.25) is 4.79 Å². The van der Waals surface area contributed by atoms with Crippen LogP contribution in [0.1, 0.15) is 10.4 Å². The van der Waals surface area contributed by atoms with E-state index in [-0.39, 0.29) is 17.2 Å². The molecule has 0 unspecified atom stereocenters. The van der Waals surface area contributed by atoms with Crippen molar-refractivity contribution in [3.05, 3.63) is 55.0 Å². The number of amides is 1. The minimum Gasteiger partial charge on any atom is -0.508 e. The second-order valence-electron chi connectivity index (χ2n) is 3.74. The van der Waals surface area contributed by atoms with E-state index in [0.29, 0.717) is 10.7 Å². The standard InChI is InChI=1S/C13H8BrClINO2/c14-7-1-4-11(16)12(5-7)17-13(19)9-6-8(18)2-3-10(9)15/h1-6,18H,(H,17,19). The van der Waals surface area contributed by atoms with Gasteiger partial charge in [0.1, 0.15) is 5.75 Å². The van der Waals surface area contributed by atoms with Crippen LogP contribution in [0.4, 0.5) is 5.69 Å². The molecule has 0 aliphatic heterocycles. The van der Waals surface area contributed by atoms with Crippen molar-refractivity contribution in [1.82, 2.24) is 0 Å². The van der Waals surface area contributed by atoms with Gasteiger partial charge < -0.3 is 10.4 Å². The Kier molecular flexibility index (Phi) is 4.70. The molecule has 0 heterocycles. The van der Waals surface area contributed by atoms with Gasteiger partial charge in [0.05, 0.1) is 16.3 Å². The maximum absolute atomic E-state index is 12.1. The second kappa shape index (κ2) is 6.11. The Hall–Kier alpha value is -0.790. The lowest BCUT2D eigenvalue weighted by Gasteiger charge is -2.09. The molecule has 1 amide bonds. The Morgan fingerprint density at radius 3 is 2.74 bits per heavy atom. The molecular weight excluding hydrogens is 444 g/mol. The lowest BCUT2D eigenvalue weighted by Crippen LogP contribution is -2.13. The Bertz CT molecular complexity index is 649. The molecule has 0 atom stereocenters. The molecule has 2 N–H and O–H groups in total. The van der Waals surface area contributed by atoms with E-state index in [9.17, 15) is 9.90 Å². The van der Waals surface area contributed by atoms with Crippen LogP contribution in [0.15, 0.2) is 40.9 Å². The molecule has 98 valence electrons. The van der Waals surface area contributed by atoms with Crippen molar-refractivity contribution in [3.63, 3.8) is 0 Å². The first-order valence-electron chi connectivity index (χ1n) is 5.22. The molecular formula is C13H8BrClINO2. The van der Waals surface area contributed by atoms with Gasteiger partial charge >= 0.3 is 0 Å². The molecule has 19 heavy (non-hydrogen) atoms. The van der Waals surface area contributed by atoms with Gasteiger partial charge in [0, 0.05) is 8.04 Å². The number of carbonyl (C=O) groups is 1. The fraction of sp³-hybridized carbons (Fsp3) is 0. The highest BCUT2D eigenvalue weighted by Crippen LogP contribution is 2.26. The number of nitrogens with one attached hydrogen (secondary N) is 1. The number of benzene rings is 2. The summed E-state index contributed by atoms with van der Waals surface area (Å²) in [4.78, 5) is 12.1. The summed E-state index contributed by atoms with van der Waals surface area (Å²) in [6.45, 7) is 0. The first-order chi connectivity index (χ1) is 8.97. The van der Waals surface area contributed by atoms with Crippen LogP contribution in [0.25, 0.3) is 0 Å². The highest BCUT2D eigenvalue weighted by atomic mass is 127. The molecule has 0 radical (unpaired) electrons. The van der Waals surface area contributed by atoms with Gasteiger partial charge in [0.25, 0.3) is 5.91 Å². The number of anilines is 1. The quantitative estimate of drug-likeness (QED) is 0.651. The number of carbonyl (C=O) groups excluding carboxylic acids is 1. The van der Waals surface area contributed by atoms with Crippen molar-refractivity contribution in [1.29, 1.82) is 0 Å². The van der Waals surface area contributed by atoms with Crippen LogP contribution in [0.5, 0.6) is 5.75 Å². The first-order valence-corrected chi connectivity index (χ1v) is 7.47. The number of halogens is 3. The van der Waals surface area contributed by atoms with Crippen LogP contribution >= 0.6 is 50.1 Å². The zero-order chi connectivity index (χ0) is 14.0. The largest absolute Gasteiger partial charge is 0.508 e. The summed E-state index contributed by atoms with van der Waals surface area (Å²) in [6.07, 6.45) is 0. The van der Waals surface area contributed by atoms with Crippen LogP contribution in [-0.2, 0) is 0 Å². The van der Waals surface area contributed by atoms with Crippen molar-refractivity contribution < 1.29 is 9.90 Å². The number of hydrogen-bond acceptors (Lipinski definition) is 2. The third-order valence-corrected chi connectivity index (χ3v) is 4.13. The van der Waals surface area contributed by atoms with E-state index in [0.717, 1.165) is 8.04 Å². The SMILES string of the molecule is O=C(Nc1cc(Br)ccc1I)c1cc(O)ccc1Cl. The Morgan fingerprint density at radius 2 is 2.00 bits per heavy atom. The number of phenols is 1. The Balaban J connectivity index is 2.30. The molecule has 0 aliphatic rings. The lowest BCUT2D eigenvalue weighted by molar-refractivity contribution is 0.102. The lowest BCUT2D eigenvalue weighted by atomic mass is 10.2. The van der Waals surface area contributed by atoms with Gasteiger partial charge in [-0.2, -0.15) is 0 Å². The molecule has 0 saturated carbocycles. The van der Waals surface area contributed by atoms with E-state index < -0.39 is 0 Å². The van der Waals surface area contributed by atoms with Crippen LogP contribution in [-0.4, -0.2) is 11.0 Å². The Morgan fingerprint density at radius 1 is 1.26 bits per heavy atom. The summed E-state index contributed by atoms with van der Waals surface area (Å²) in [7, 11) is 0. The van der Waals surface area contributed by atoms with Gasteiger partial charge in [-0.05, 0) is 59.0 Å². The first kappa shape index (κ1) is 14.6. The zero-order valence-corrected chi connectivity index (χ0v) is 14.0. The summed E-state index contributed by atoms with van der Waals surface area (Å²) in [5, 5.41) is 12.5. The van der Waals surface area contributed by atoms with Gasteiger partial charge in [-0.15, -0.1) is 0 Å². The smallest absolute Gasteiger partial charge is 0.257 e. The third-order valence-electron chi connectivity index (χ3n) is 2.37. The molecule has 0 bridgehead atoms. The van der Waals surface area contributed by atoms with E-state index >= 15 is 0 Å². The average molecular weight is 452 g/mol. The molecule has 0 spiro atoms. The monoisotopic (exact) mass is 451 g/mol. The molecule has 2 aromatic rings. The number of rotatable bonds is 2. The molecule has 2 aromatic carbocycles. The molecule has 3 nitrogen and oxygen atoms in total. The minimum absolute atomic E-state index is 0.00140. The highest BCUT2D eigenvalue weighted by Gasteiger charge is 2.13. The molecule has 0 aromatic heterocycles. The fourth-order valence-corrected chi connectivity index (χ4v) is 2.50. The van der Waals surface area contributed by atoms with E-state index in [2.05, 4.69) is 43.8 Å². The fourth-order valence-electron chi connectivity index (χ4n) is 1.47. The number of hydrogen-bond donors (Lipinski definition) is 2. The molecule has 2 rings (SSSR count). The predicted octanol–water partition coefficient (Wildman–Crippen LogP) is 4.67. The molecule has 6 heteroatoms. The van der Waals surface area contributed by atoms with E-state index in [1.807, 2.05) is 12.1 Å². The summed E-state index contributed by atoms with van der Waals surface area (Å²) >= 11 is 11.4. The highest BCUT2D eigenvalue weighted by molar-refractivity contribution is 14.1. The summed E-state index contributed by atoms with van der Waals surface area (Å²) in [5.74, 6) is -0.365. The summed E-state index contributed by atoms with van der Waals surface area (Å²) in [6, 6.07) is 9.82. The summed E-state index contributed by atoms with van der Waals surface area (Å²) < 4.78 is 1.77. The van der Waals surface area contributed by atoms with Crippen LogP contribution in [0, 0.1) is 3.57 Å². The van der Waals surface area contributed by atoms with Crippen molar-refractivity contribution in [2.75, 3.05) is 5.32 Å². The molecule has 0 saturated heterocycles. The third kappa shape index (κ3) is 3.61. The van der Waals surface area contributed by atoms with Crippen LogP contribution in [0.3, 0.4) is 0 Å². The minimum atomic E-state index is -0.364. The normalized spacial score (nSPS) is 10.3. The van der Waals surface area contributed by atoms with Crippen LogP contribution in [0.2, 0.25) is 5.02 Å². The maximum atomic E-state index is 12.1. The van der Waals surface area contributed by atoms with Gasteiger partial charge in [0.15, 0.2) is 0 Å². The van der Waals surface area contributed by atoms with Gasteiger partial charge in [0.2, 0.25) is 0 Å². The second-order valence-corrected chi connectivity index (χ2v) is 6.23. The van der Waals surface area contributed by atoms with Crippen molar-refractivity contribution in [2.45, 2.75) is 0 Å².